The molecule has 1 unspecified atom stereocenters. The van der Waals surface area contributed by atoms with Gasteiger partial charge in [-0.05, 0) is 36.4 Å². The van der Waals surface area contributed by atoms with Gasteiger partial charge in [-0.15, -0.1) is 0 Å². The van der Waals surface area contributed by atoms with Crippen molar-refractivity contribution in [3.8, 4) is 0 Å². The number of rotatable bonds is 4. The maximum atomic E-state index is 11.9. The maximum Gasteiger partial charge on any atom is 0.328 e. The first-order valence-corrected chi connectivity index (χ1v) is 8.95. The van der Waals surface area contributed by atoms with Gasteiger partial charge in [-0.2, -0.15) is 0 Å². The second-order valence-electron chi connectivity index (χ2n) is 6.43. The molecule has 1 N–H and O–H groups in total. The summed E-state index contributed by atoms with van der Waals surface area (Å²) in [4.78, 5) is 16.1. The first kappa shape index (κ1) is 16.9. The number of furan rings is 1. The molecule has 0 amide bonds. The third-order valence-electron chi connectivity index (χ3n) is 4.82. The van der Waals surface area contributed by atoms with Crippen LogP contribution in [-0.4, -0.2) is 42.2 Å². The quantitative estimate of drug-likeness (QED) is 0.751. The second-order valence-corrected chi connectivity index (χ2v) is 6.86. The Labute approximate surface area is 156 Å². The fraction of sp³-hybridized carbons (Fsp3) is 0.250. The Balaban J connectivity index is 1.52. The molecule has 0 aliphatic carbocycles. The number of carboxylic acid groups (broad SMARTS) is 1. The van der Waals surface area contributed by atoms with E-state index in [0.29, 0.717) is 29.5 Å². The Morgan fingerprint density at radius 2 is 1.73 bits per heavy atom. The standard InChI is InChI=1S/C20H19ClN2O3/c21-15-5-7-16(8-6-15)22-9-11-23(12-10-22)19(20(24)25)18-13-14-3-1-2-4-17(14)26-18/h1-8,13,19H,9-12H2,(H,24,25). The number of carbonyl (C=O) groups is 1. The number of aliphatic carboxylic acids is 1. The number of anilines is 1. The Kier molecular flexibility index (Phi) is 4.57. The fourth-order valence-electron chi connectivity index (χ4n) is 3.49. The van der Waals surface area contributed by atoms with Crippen LogP contribution < -0.4 is 4.90 Å². The van der Waals surface area contributed by atoms with Gasteiger partial charge in [-0.25, -0.2) is 0 Å². The molecular weight excluding hydrogens is 352 g/mol. The van der Waals surface area contributed by atoms with Gasteiger partial charge in [-0.1, -0.05) is 29.8 Å². The van der Waals surface area contributed by atoms with Crippen LogP contribution in [0, 0.1) is 0 Å². The Hall–Kier alpha value is -2.50. The predicted octanol–water partition coefficient (Wildman–Crippen LogP) is 4.03. The van der Waals surface area contributed by atoms with Crippen molar-refractivity contribution in [2.24, 2.45) is 0 Å². The molecule has 2 heterocycles. The van der Waals surface area contributed by atoms with Crippen LogP contribution >= 0.6 is 11.6 Å². The van der Waals surface area contributed by atoms with Crippen molar-refractivity contribution in [3.63, 3.8) is 0 Å². The van der Waals surface area contributed by atoms with Crippen LogP contribution in [0.5, 0.6) is 0 Å². The molecule has 0 saturated carbocycles. The lowest BCUT2D eigenvalue weighted by Gasteiger charge is -2.38. The van der Waals surface area contributed by atoms with Crippen LogP contribution in [0.2, 0.25) is 5.02 Å². The van der Waals surface area contributed by atoms with Crippen molar-refractivity contribution < 1.29 is 14.3 Å². The molecule has 26 heavy (non-hydrogen) atoms. The second kappa shape index (κ2) is 7.02. The van der Waals surface area contributed by atoms with Crippen LogP contribution in [0.1, 0.15) is 11.8 Å². The van der Waals surface area contributed by atoms with Crippen molar-refractivity contribution >= 4 is 34.2 Å². The first-order chi connectivity index (χ1) is 12.6. The third kappa shape index (κ3) is 3.28. The van der Waals surface area contributed by atoms with E-state index in [-0.39, 0.29) is 0 Å². The number of nitrogens with zero attached hydrogens (tertiary/aromatic N) is 2. The number of carboxylic acids is 1. The maximum absolute atomic E-state index is 11.9. The minimum atomic E-state index is -0.885. The SMILES string of the molecule is O=C(O)C(c1cc2ccccc2o1)N1CCN(c2ccc(Cl)cc2)CC1. The molecular formula is C20H19ClN2O3. The lowest BCUT2D eigenvalue weighted by atomic mass is 10.1. The van der Waals surface area contributed by atoms with Gasteiger partial charge in [0.15, 0.2) is 6.04 Å². The number of hydrogen-bond donors (Lipinski definition) is 1. The number of hydrogen-bond acceptors (Lipinski definition) is 4. The van der Waals surface area contributed by atoms with Crippen LogP contribution in [0.15, 0.2) is 59.0 Å². The highest BCUT2D eigenvalue weighted by atomic mass is 35.5. The molecule has 4 rings (SSSR count). The zero-order valence-corrected chi connectivity index (χ0v) is 14.9. The minimum Gasteiger partial charge on any atom is -0.480 e. The number of fused-ring (bicyclic) bond motifs is 1. The summed E-state index contributed by atoms with van der Waals surface area (Å²) in [5, 5.41) is 11.4. The Bertz CT molecular complexity index is 881. The summed E-state index contributed by atoms with van der Waals surface area (Å²) in [6, 6.07) is 16.4. The monoisotopic (exact) mass is 370 g/mol. The summed E-state index contributed by atoms with van der Waals surface area (Å²) in [7, 11) is 0. The molecule has 1 saturated heterocycles. The van der Waals surface area contributed by atoms with E-state index >= 15 is 0 Å². The smallest absolute Gasteiger partial charge is 0.328 e. The third-order valence-corrected chi connectivity index (χ3v) is 5.07. The van der Waals surface area contributed by atoms with Crippen LogP contribution in [-0.2, 0) is 4.79 Å². The highest BCUT2D eigenvalue weighted by Crippen LogP contribution is 2.29. The summed E-state index contributed by atoms with van der Waals surface area (Å²) in [5.74, 6) is -0.400. The molecule has 1 atom stereocenters. The topological polar surface area (TPSA) is 56.9 Å². The van der Waals surface area contributed by atoms with Crippen molar-refractivity contribution in [1.82, 2.24) is 4.90 Å². The molecule has 0 spiro atoms. The average Bonchev–Trinajstić information content (AvgIpc) is 3.06. The van der Waals surface area contributed by atoms with E-state index in [1.165, 1.54) is 0 Å². The summed E-state index contributed by atoms with van der Waals surface area (Å²) >= 11 is 5.95. The minimum absolute atomic E-state index is 0.485. The number of benzene rings is 2. The number of halogens is 1. The molecule has 2 aromatic carbocycles. The van der Waals surface area contributed by atoms with Gasteiger partial charge in [-0.3, -0.25) is 9.69 Å². The molecule has 5 nitrogen and oxygen atoms in total. The van der Waals surface area contributed by atoms with E-state index in [1.54, 1.807) is 0 Å². The Morgan fingerprint density at radius 1 is 1.04 bits per heavy atom. The van der Waals surface area contributed by atoms with Gasteiger partial charge in [0.1, 0.15) is 11.3 Å². The number of piperazine rings is 1. The van der Waals surface area contributed by atoms with Crippen molar-refractivity contribution in [2.45, 2.75) is 6.04 Å². The molecule has 0 bridgehead atoms. The van der Waals surface area contributed by atoms with Crippen molar-refractivity contribution in [2.75, 3.05) is 31.1 Å². The molecule has 0 radical (unpaired) electrons. The highest BCUT2D eigenvalue weighted by molar-refractivity contribution is 6.30. The average molecular weight is 371 g/mol. The van der Waals surface area contributed by atoms with E-state index < -0.39 is 12.0 Å². The molecule has 1 fully saturated rings. The van der Waals surface area contributed by atoms with Crippen molar-refractivity contribution in [3.05, 3.63) is 65.4 Å². The predicted molar refractivity (Wildman–Crippen MR) is 102 cm³/mol. The van der Waals surface area contributed by atoms with Crippen LogP contribution in [0.3, 0.4) is 0 Å². The summed E-state index contributed by atoms with van der Waals surface area (Å²) in [5.41, 5.74) is 1.82. The number of para-hydroxylation sites is 1. The van der Waals surface area contributed by atoms with E-state index in [1.807, 2.05) is 59.5 Å². The van der Waals surface area contributed by atoms with Gasteiger partial charge in [0.05, 0.1) is 0 Å². The molecule has 1 aromatic heterocycles. The van der Waals surface area contributed by atoms with E-state index in [2.05, 4.69) is 4.90 Å². The van der Waals surface area contributed by atoms with E-state index in [0.717, 1.165) is 24.2 Å². The van der Waals surface area contributed by atoms with Crippen molar-refractivity contribution in [1.29, 1.82) is 0 Å². The van der Waals surface area contributed by atoms with Gasteiger partial charge in [0, 0.05) is 42.3 Å². The highest BCUT2D eigenvalue weighted by Gasteiger charge is 2.33. The molecule has 134 valence electrons. The largest absolute Gasteiger partial charge is 0.480 e. The lowest BCUT2D eigenvalue weighted by molar-refractivity contribution is -0.144. The normalized spacial score (nSPS) is 16.7. The van der Waals surface area contributed by atoms with Gasteiger partial charge < -0.3 is 14.4 Å². The summed E-state index contributed by atoms with van der Waals surface area (Å²) in [6.07, 6.45) is 0. The zero-order chi connectivity index (χ0) is 18.1. The van der Waals surface area contributed by atoms with Gasteiger partial charge in [0.25, 0.3) is 0 Å². The molecule has 1 aliphatic heterocycles. The van der Waals surface area contributed by atoms with Gasteiger partial charge >= 0.3 is 5.97 Å². The lowest BCUT2D eigenvalue weighted by Crippen LogP contribution is -2.49. The summed E-state index contributed by atoms with van der Waals surface area (Å²) in [6.45, 7) is 2.81. The van der Waals surface area contributed by atoms with Crippen LogP contribution in [0.4, 0.5) is 5.69 Å². The van der Waals surface area contributed by atoms with E-state index in [4.69, 9.17) is 16.0 Å². The molecule has 6 heteroatoms. The van der Waals surface area contributed by atoms with E-state index in [9.17, 15) is 9.90 Å². The fourth-order valence-corrected chi connectivity index (χ4v) is 3.61. The van der Waals surface area contributed by atoms with Gasteiger partial charge in [0.2, 0.25) is 0 Å². The Morgan fingerprint density at radius 3 is 2.38 bits per heavy atom. The molecule has 1 aliphatic rings. The first-order valence-electron chi connectivity index (χ1n) is 8.58. The van der Waals surface area contributed by atoms with Crippen LogP contribution in [0.25, 0.3) is 11.0 Å². The molecule has 3 aromatic rings. The zero-order valence-electron chi connectivity index (χ0n) is 14.1. The summed E-state index contributed by atoms with van der Waals surface area (Å²) < 4.78 is 5.82.